The molecule has 0 saturated carbocycles. The number of hydrogen-bond donors (Lipinski definition) is 1. The molecule has 1 aromatic rings. The van der Waals surface area contributed by atoms with Crippen molar-refractivity contribution < 1.29 is 28.6 Å². The van der Waals surface area contributed by atoms with Gasteiger partial charge in [-0.25, -0.2) is 14.0 Å². The Morgan fingerprint density at radius 3 is 2.42 bits per heavy atom. The van der Waals surface area contributed by atoms with Crippen molar-refractivity contribution in [2.75, 3.05) is 19.1 Å². The zero-order valence-electron chi connectivity index (χ0n) is 12.7. The fourth-order valence-corrected chi connectivity index (χ4v) is 2.96. The second-order valence-corrected chi connectivity index (χ2v) is 5.73. The topological polar surface area (TPSA) is 76.1 Å². The molecule has 6 nitrogen and oxygen atoms in total. The minimum Gasteiger partial charge on any atom is -0.506 e. The third kappa shape index (κ3) is 3.42. The van der Waals surface area contributed by atoms with Gasteiger partial charge >= 0.3 is 11.9 Å². The van der Waals surface area contributed by atoms with Crippen LogP contribution in [-0.4, -0.2) is 31.3 Å². The molecular weight excluding hydrogens is 432 g/mol. The summed E-state index contributed by atoms with van der Waals surface area (Å²) in [6.07, 6.45) is 5.93. The molecule has 126 valence electrons. The van der Waals surface area contributed by atoms with Gasteiger partial charge in [0, 0.05) is 15.8 Å². The van der Waals surface area contributed by atoms with E-state index in [1.54, 1.807) is 6.08 Å². The van der Waals surface area contributed by atoms with E-state index in [2.05, 4.69) is 0 Å². The van der Waals surface area contributed by atoms with Crippen LogP contribution in [0.5, 0.6) is 5.75 Å². The molecule has 24 heavy (non-hydrogen) atoms. The maximum absolute atomic E-state index is 13.4. The van der Waals surface area contributed by atoms with Crippen LogP contribution in [0.25, 0.3) is 0 Å². The molecule has 1 aromatic carbocycles. The molecule has 0 saturated heterocycles. The first-order valence-corrected chi connectivity index (χ1v) is 7.71. The maximum atomic E-state index is 13.4. The lowest BCUT2D eigenvalue weighted by molar-refractivity contribution is -0.139. The van der Waals surface area contributed by atoms with Crippen molar-refractivity contribution in [2.45, 2.75) is 0 Å². The van der Waals surface area contributed by atoms with E-state index in [-0.39, 0.29) is 17.0 Å². The van der Waals surface area contributed by atoms with Gasteiger partial charge in [0.1, 0.15) is 23.0 Å². The van der Waals surface area contributed by atoms with E-state index in [0.717, 1.165) is 13.2 Å². The number of carbonyl (C=O) groups excluding carboxylic acids is 2. The quantitative estimate of drug-likeness (QED) is 0.570. The minimum absolute atomic E-state index is 0.0612. The van der Waals surface area contributed by atoms with Crippen LogP contribution in [0.1, 0.15) is 0 Å². The Balaban J connectivity index is 2.75. The Kier molecular flexibility index (Phi) is 5.60. The molecule has 0 fully saturated rings. The molecule has 0 amide bonds. The van der Waals surface area contributed by atoms with Crippen LogP contribution >= 0.6 is 22.6 Å². The first kappa shape index (κ1) is 18.0. The van der Waals surface area contributed by atoms with Gasteiger partial charge in [-0.15, -0.1) is 0 Å². The number of rotatable bonds is 3. The molecule has 8 heteroatoms. The number of phenols is 1. The van der Waals surface area contributed by atoms with Gasteiger partial charge in [-0.3, -0.25) is 0 Å². The standard InChI is InChI=1S/C16H13FINO5/c1-23-15(21)10-5-3-4-6-19(13(10)16(22)24-2)14-11(18)7-9(17)8-12(14)20/h3-8,20H,1-2H3. The largest absolute Gasteiger partial charge is 0.506 e. The molecule has 0 bridgehead atoms. The number of anilines is 1. The van der Waals surface area contributed by atoms with E-state index in [0.29, 0.717) is 3.57 Å². The van der Waals surface area contributed by atoms with E-state index in [4.69, 9.17) is 9.47 Å². The van der Waals surface area contributed by atoms with Gasteiger partial charge < -0.3 is 19.5 Å². The number of phenolic OH excluding ortho intramolecular Hbond substituents is 1. The SMILES string of the molecule is COC(=O)C1=C(C(=O)OC)N(c2c(O)cc(F)cc2I)C=CC=C1. The summed E-state index contributed by atoms with van der Waals surface area (Å²) < 4.78 is 23.2. The van der Waals surface area contributed by atoms with E-state index in [1.165, 1.54) is 36.4 Å². The van der Waals surface area contributed by atoms with E-state index >= 15 is 0 Å². The number of aromatic hydroxyl groups is 1. The van der Waals surface area contributed by atoms with Crippen LogP contribution in [-0.2, 0) is 19.1 Å². The summed E-state index contributed by atoms with van der Waals surface area (Å²) in [5.74, 6) is -2.59. The first-order chi connectivity index (χ1) is 11.4. The van der Waals surface area contributed by atoms with Crippen molar-refractivity contribution in [3.63, 3.8) is 0 Å². The smallest absolute Gasteiger partial charge is 0.355 e. The van der Waals surface area contributed by atoms with Crippen LogP contribution in [0.15, 0.2) is 47.8 Å². The number of ether oxygens (including phenoxy) is 2. The Bertz CT molecular complexity index is 762. The molecule has 0 atom stereocenters. The summed E-state index contributed by atoms with van der Waals surface area (Å²) in [4.78, 5) is 25.6. The molecule has 0 aliphatic carbocycles. The van der Waals surface area contributed by atoms with Gasteiger partial charge in [0.15, 0.2) is 0 Å². The van der Waals surface area contributed by atoms with Gasteiger partial charge in [-0.1, -0.05) is 6.08 Å². The third-order valence-corrected chi connectivity index (χ3v) is 3.96. The van der Waals surface area contributed by atoms with E-state index in [9.17, 15) is 19.1 Å². The predicted molar refractivity (Wildman–Crippen MR) is 92.6 cm³/mol. The monoisotopic (exact) mass is 445 g/mol. The second kappa shape index (κ2) is 7.47. The van der Waals surface area contributed by atoms with Gasteiger partial charge in [0.05, 0.1) is 19.8 Å². The molecule has 0 unspecified atom stereocenters. The van der Waals surface area contributed by atoms with Crippen molar-refractivity contribution in [3.8, 4) is 5.75 Å². The number of allylic oxidation sites excluding steroid dienone is 2. The summed E-state index contributed by atoms with van der Waals surface area (Å²) in [6.45, 7) is 0. The van der Waals surface area contributed by atoms with Crippen LogP contribution in [0.2, 0.25) is 0 Å². The molecule has 2 rings (SSSR count). The number of esters is 2. The summed E-state index contributed by atoms with van der Waals surface area (Å²) in [5.41, 5.74) is -0.0817. The lowest BCUT2D eigenvalue weighted by atomic mass is 10.1. The number of carbonyl (C=O) groups is 2. The van der Waals surface area contributed by atoms with Crippen molar-refractivity contribution in [2.24, 2.45) is 0 Å². The lowest BCUT2D eigenvalue weighted by Crippen LogP contribution is -2.27. The van der Waals surface area contributed by atoms with Crippen molar-refractivity contribution in [1.29, 1.82) is 0 Å². The molecule has 1 N–H and O–H groups in total. The minimum atomic E-state index is -0.814. The number of hydrogen-bond acceptors (Lipinski definition) is 6. The van der Waals surface area contributed by atoms with Crippen molar-refractivity contribution >= 4 is 40.2 Å². The molecule has 0 aromatic heterocycles. The van der Waals surface area contributed by atoms with Gasteiger partial charge in [-0.2, -0.15) is 0 Å². The molecule has 1 aliphatic heterocycles. The highest BCUT2D eigenvalue weighted by Gasteiger charge is 2.30. The Hall–Kier alpha value is -2.36. The molecule has 0 radical (unpaired) electrons. The molecule has 0 spiro atoms. The van der Waals surface area contributed by atoms with E-state index < -0.39 is 23.5 Å². The van der Waals surface area contributed by atoms with Gasteiger partial charge in [-0.05, 0) is 40.8 Å². The fraction of sp³-hybridized carbons (Fsp3) is 0.125. The zero-order valence-corrected chi connectivity index (χ0v) is 14.9. The Morgan fingerprint density at radius 2 is 1.83 bits per heavy atom. The highest BCUT2D eigenvalue weighted by molar-refractivity contribution is 14.1. The highest BCUT2D eigenvalue weighted by atomic mass is 127. The van der Waals surface area contributed by atoms with Crippen LogP contribution in [0.3, 0.4) is 0 Å². The summed E-state index contributed by atoms with van der Waals surface area (Å²) >= 11 is 1.82. The van der Waals surface area contributed by atoms with Gasteiger partial charge in [0.2, 0.25) is 0 Å². The maximum Gasteiger partial charge on any atom is 0.355 e. The fourth-order valence-electron chi connectivity index (χ4n) is 2.13. The Labute approximate surface area is 151 Å². The van der Waals surface area contributed by atoms with E-state index in [1.807, 2.05) is 22.6 Å². The molecule has 1 aliphatic rings. The Morgan fingerprint density at radius 1 is 1.17 bits per heavy atom. The molecular formula is C16H13FINO5. The van der Waals surface area contributed by atoms with Crippen molar-refractivity contribution in [3.05, 3.63) is 57.2 Å². The van der Waals surface area contributed by atoms with Crippen molar-refractivity contribution in [1.82, 2.24) is 0 Å². The average Bonchev–Trinajstić information content (AvgIpc) is 2.75. The number of nitrogens with zero attached hydrogens (tertiary/aromatic N) is 1. The summed E-state index contributed by atoms with van der Waals surface area (Å²) in [5, 5.41) is 10.1. The normalized spacial score (nSPS) is 13.8. The number of methoxy groups -OCH3 is 2. The lowest BCUT2D eigenvalue weighted by Gasteiger charge is -2.24. The number of halogens is 2. The zero-order chi connectivity index (χ0) is 17.9. The average molecular weight is 445 g/mol. The third-order valence-electron chi connectivity index (χ3n) is 3.14. The van der Waals surface area contributed by atoms with Crippen LogP contribution in [0, 0.1) is 9.39 Å². The second-order valence-electron chi connectivity index (χ2n) is 4.57. The molecule has 1 heterocycles. The first-order valence-electron chi connectivity index (χ1n) is 6.63. The van der Waals surface area contributed by atoms with Gasteiger partial charge in [0.25, 0.3) is 0 Å². The van der Waals surface area contributed by atoms with Crippen LogP contribution in [0.4, 0.5) is 10.1 Å². The predicted octanol–water partition coefficient (Wildman–Crippen LogP) is 2.63. The highest BCUT2D eigenvalue weighted by Crippen LogP contribution is 2.37. The number of benzene rings is 1. The summed E-state index contributed by atoms with van der Waals surface area (Å²) in [7, 11) is 2.34. The summed E-state index contributed by atoms with van der Waals surface area (Å²) in [6, 6.07) is 2.10. The van der Waals surface area contributed by atoms with Crippen LogP contribution < -0.4 is 4.90 Å².